The van der Waals surface area contributed by atoms with E-state index >= 15 is 13.2 Å². The third kappa shape index (κ3) is 7.53. The van der Waals surface area contributed by atoms with E-state index in [1.54, 1.807) is 0 Å². The average molecular weight is 494 g/mol. The molecule has 0 N–H and O–H groups in total. The molecule has 0 bridgehead atoms. The first kappa shape index (κ1) is 31.1. The van der Waals surface area contributed by atoms with Gasteiger partial charge in [-0.25, -0.2) is 39.9 Å². The summed E-state index contributed by atoms with van der Waals surface area (Å²) in [6.45, 7) is 4.58. The summed E-state index contributed by atoms with van der Waals surface area (Å²) in [6, 6.07) is 0. The van der Waals surface area contributed by atoms with Crippen LogP contribution in [0.15, 0.2) is 25.3 Å². The van der Waals surface area contributed by atoms with Crippen molar-refractivity contribution in [1.82, 2.24) is 0 Å². The maximum Gasteiger partial charge on any atom is 0.330 e. The molecule has 0 aromatic carbocycles. The summed E-state index contributed by atoms with van der Waals surface area (Å²) in [5, 5.41) is 0. The first-order valence-corrected chi connectivity index (χ1v) is 9.96. The number of alkyl halides is 8. The Morgan fingerprint density at radius 2 is 1.33 bits per heavy atom. The molecule has 0 aromatic rings. The van der Waals surface area contributed by atoms with Gasteiger partial charge in [-0.05, 0) is 6.08 Å². The minimum atomic E-state index is -4.83. The van der Waals surface area contributed by atoms with Gasteiger partial charge >= 0.3 is 5.97 Å². The second-order valence-electron chi connectivity index (χ2n) is 9.30. The Labute approximate surface area is 188 Å². The van der Waals surface area contributed by atoms with Gasteiger partial charge in [-0.2, -0.15) is 0 Å². The van der Waals surface area contributed by atoms with E-state index in [-0.39, 0.29) is 0 Å². The molecule has 3 nitrogen and oxygen atoms in total. The van der Waals surface area contributed by atoms with Gasteiger partial charge in [0.15, 0.2) is 12.4 Å². The maximum absolute atomic E-state index is 15.5. The molecule has 0 radical (unpaired) electrons. The number of ether oxygens (including phenoxy) is 1. The van der Waals surface area contributed by atoms with Crippen LogP contribution in [0.25, 0.3) is 0 Å². The Kier molecular flexibility index (Phi) is 9.93. The number of ketones is 1. The molecule has 33 heavy (non-hydrogen) atoms. The van der Waals surface area contributed by atoms with Crippen molar-refractivity contribution in [3.05, 3.63) is 25.3 Å². The van der Waals surface area contributed by atoms with Crippen molar-refractivity contribution in [3.63, 3.8) is 0 Å². The molecule has 1 unspecified atom stereocenters. The molecular weight excluding hydrogens is 464 g/mol. The van der Waals surface area contributed by atoms with Gasteiger partial charge in [-0.1, -0.05) is 40.9 Å². The van der Waals surface area contributed by atoms with Crippen LogP contribution in [-0.4, -0.2) is 48.5 Å². The molecule has 0 amide bonds. The number of hydrogen-bond donors (Lipinski definition) is 0. The number of allylic oxidation sites excluding steroid dienone is 1. The molecular formula is C22H30F8O3. The van der Waals surface area contributed by atoms with Gasteiger partial charge in [0.25, 0.3) is 11.8 Å². The third-order valence-corrected chi connectivity index (χ3v) is 5.72. The summed E-state index contributed by atoms with van der Waals surface area (Å²) in [4.78, 5) is 22.2. The van der Waals surface area contributed by atoms with Crippen LogP contribution in [0.3, 0.4) is 0 Å². The zero-order valence-electron chi connectivity index (χ0n) is 19.1. The molecule has 0 aromatic heterocycles. The number of esters is 1. The SMILES string of the molecule is C=CC(=O)CCC(F)(F)CC(C)(C)C(F)(CF)C(F)(F)CC(C)(C)C(F)(F)COC(=O)C=C. The van der Waals surface area contributed by atoms with Crippen molar-refractivity contribution in [2.24, 2.45) is 10.8 Å². The Bertz CT molecular complexity index is 731. The smallest absolute Gasteiger partial charge is 0.330 e. The fraction of sp³-hybridized carbons (Fsp3) is 0.727. The Balaban J connectivity index is 5.86. The second-order valence-corrected chi connectivity index (χ2v) is 9.30. The van der Waals surface area contributed by atoms with E-state index in [1.165, 1.54) is 0 Å². The normalized spacial score (nSPS) is 15.5. The molecule has 0 aliphatic heterocycles. The van der Waals surface area contributed by atoms with Crippen LogP contribution in [0.4, 0.5) is 35.1 Å². The van der Waals surface area contributed by atoms with Gasteiger partial charge in [-0.15, -0.1) is 0 Å². The van der Waals surface area contributed by atoms with Crippen LogP contribution in [0.1, 0.15) is 53.4 Å². The minimum absolute atomic E-state index is 0.568. The third-order valence-electron chi connectivity index (χ3n) is 5.72. The quantitative estimate of drug-likeness (QED) is 0.145. The predicted octanol–water partition coefficient (Wildman–Crippen LogP) is 6.67. The van der Waals surface area contributed by atoms with Crippen molar-refractivity contribution >= 4 is 11.8 Å². The summed E-state index contributed by atoms with van der Waals surface area (Å²) in [5.74, 6) is -14.8. The fourth-order valence-corrected chi connectivity index (χ4v) is 3.30. The van der Waals surface area contributed by atoms with Gasteiger partial charge in [0.1, 0.15) is 6.67 Å². The van der Waals surface area contributed by atoms with E-state index < -0.39 is 85.0 Å². The van der Waals surface area contributed by atoms with Crippen molar-refractivity contribution in [1.29, 1.82) is 0 Å². The van der Waals surface area contributed by atoms with Crippen LogP contribution in [-0.2, 0) is 14.3 Å². The van der Waals surface area contributed by atoms with E-state index in [9.17, 15) is 31.5 Å². The van der Waals surface area contributed by atoms with Crippen molar-refractivity contribution in [2.75, 3.05) is 13.3 Å². The second kappa shape index (κ2) is 10.5. The summed E-state index contributed by atoms with van der Waals surface area (Å²) < 4.78 is 121. The molecule has 0 saturated heterocycles. The highest BCUT2D eigenvalue weighted by molar-refractivity contribution is 5.89. The van der Waals surface area contributed by atoms with Gasteiger partial charge in [-0.3, -0.25) is 4.79 Å². The van der Waals surface area contributed by atoms with Gasteiger partial charge in [0, 0.05) is 42.6 Å². The maximum atomic E-state index is 15.5. The number of carbonyl (C=O) groups excluding carboxylic acids is 2. The molecule has 0 aliphatic carbocycles. The molecule has 192 valence electrons. The lowest BCUT2D eigenvalue weighted by atomic mass is 9.65. The fourth-order valence-electron chi connectivity index (χ4n) is 3.30. The predicted molar refractivity (Wildman–Crippen MR) is 107 cm³/mol. The lowest BCUT2D eigenvalue weighted by Gasteiger charge is -2.47. The Morgan fingerprint density at radius 1 is 0.818 bits per heavy atom. The summed E-state index contributed by atoms with van der Waals surface area (Å²) in [6.07, 6.45) is -3.98. The molecule has 0 saturated carbocycles. The van der Waals surface area contributed by atoms with Gasteiger partial charge in [0.05, 0.1) is 0 Å². The van der Waals surface area contributed by atoms with Crippen LogP contribution in [0, 0.1) is 10.8 Å². The molecule has 0 aliphatic rings. The largest absolute Gasteiger partial charge is 0.456 e. The average Bonchev–Trinajstić information content (AvgIpc) is 2.67. The summed E-state index contributed by atoms with van der Waals surface area (Å²) in [5.41, 5.74) is -9.72. The van der Waals surface area contributed by atoms with Crippen molar-refractivity contribution in [3.8, 4) is 0 Å². The highest BCUT2D eigenvalue weighted by atomic mass is 19.3. The Hall–Kier alpha value is -1.94. The van der Waals surface area contributed by atoms with E-state index in [2.05, 4.69) is 17.9 Å². The first-order valence-electron chi connectivity index (χ1n) is 9.96. The van der Waals surface area contributed by atoms with E-state index in [4.69, 9.17) is 0 Å². The molecule has 0 fully saturated rings. The number of hydrogen-bond acceptors (Lipinski definition) is 3. The number of carbonyl (C=O) groups is 2. The van der Waals surface area contributed by atoms with Gasteiger partial charge < -0.3 is 4.74 Å². The lowest BCUT2D eigenvalue weighted by Crippen LogP contribution is -2.60. The van der Waals surface area contributed by atoms with Crippen molar-refractivity contribution in [2.45, 2.75) is 76.8 Å². The molecule has 0 spiro atoms. The molecule has 1 atom stereocenters. The van der Waals surface area contributed by atoms with Crippen LogP contribution in [0.5, 0.6) is 0 Å². The first-order chi connectivity index (χ1) is 14.6. The van der Waals surface area contributed by atoms with E-state index in [1.807, 2.05) is 0 Å². The lowest BCUT2D eigenvalue weighted by molar-refractivity contribution is -0.247. The highest BCUT2D eigenvalue weighted by Gasteiger charge is 2.67. The highest BCUT2D eigenvalue weighted by Crippen LogP contribution is 2.56. The van der Waals surface area contributed by atoms with Gasteiger partial charge in [0.2, 0.25) is 11.6 Å². The monoisotopic (exact) mass is 494 g/mol. The molecule has 0 rings (SSSR count). The van der Waals surface area contributed by atoms with Crippen molar-refractivity contribution < 1.29 is 49.4 Å². The summed E-state index contributed by atoms with van der Waals surface area (Å²) in [7, 11) is 0. The summed E-state index contributed by atoms with van der Waals surface area (Å²) >= 11 is 0. The molecule has 0 heterocycles. The van der Waals surface area contributed by atoms with Crippen LogP contribution < -0.4 is 0 Å². The standard InChI is InChI=1S/C22H30F8O3/c1-7-15(31)9-10-19(24,25)11-17(3,4)20(26,13-23)21(27,28)12-18(5,6)22(29,30)14-33-16(32)8-2/h7-8H,1-2,9-14H2,3-6H3. The minimum Gasteiger partial charge on any atom is -0.456 e. The van der Waals surface area contributed by atoms with Crippen LogP contribution in [0.2, 0.25) is 0 Å². The molecule has 11 heteroatoms. The van der Waals surface area contributed by atoms with E-state index in [0.29, 0.717) is 33.8 Å². The van der Waals surface area contributed by atoms with Crippen LogP contribution >= 0.6 is 0 Å². The Morgan fingerprint density at radius 3 is 1.76 bits per heavy atom. The van der Waals surface area contributed by atoms with E-state index in [0.717, 1.165) is 6.08 Å². The topological polar surface area (TPSA) is 43.4 Å². The zero-order chi connectivity index (χ0) is 26.5. The number of rotatable bonds is 15. The number of halogens is 8. The zero-order valence-corrected chi connectivity index (χ0v) is 19.1.